The molecular formula is C17H30N2O. The maximum absolute atomic E-state index is 8.94. The topological polar surface area (TPSA) is 35.5 Å². The van der Waals surface area contributed by atoms with Gasteiger partial charge in [0.1, 0.15) is 0 Å². The van der Waals surface area contributed by atoms with Crippen LogP contribution in [0.25, 0.3) is 0 Å². The zero-order valence-electron chi connectivity index (χ0n) is 12.9. The zero-order valence-corrected chi connectivity index (χ0v) is 12.9. The van der Waals surface area contributed by atoms with Crippen LogP contribution in [0.2, 0.25) is 0 Å². The second-order valence-electron chi connectivity index (χ2n) is 6.14. The molecule has 1 heterocycles. The lowest BCUT2D eigenvalue weighted by Crippen LogP contribution is -2.38. The minimum Gasteiger partial charge on any atom is -0.395 e. The van der Waals surface area contributed by atoms with Crippen LogP contribution >= 0.6 is 0 Å². The van der Waals surface area contributed by atoms with E-state index in [1.54, 1.807) is 11.1 Å². The normalized spacial score (nSPS) is 21.7. The molecule has 1 aliphatic heterocycles. The van der Waals surface area contributed by atoms with Crippen LogP contribution in [0.1, 0.15) is 39.0 Å². The molecule has 2 rings (SSSR count). The SMILES string of the molecule is CCC1=CC=C(CNCC2CCN(CCO)CC2)CC1. The number of aliphatic hydroxyl groups excluding tert-OH is 1. The summed E-state index contributed by atoms with van der Waals surface area (Å²) in [5, 5.41) is 12.6. The fraction of sp³-hybridized carbons (Fsp3) is 0.765. The van der Waals surface area contributed by atoms with Crippen LogP contribution < -0.4 is 5.32 Å². The van der Waals surface area contributed by atoms with Crippen LogP contribution in [0.3, 0.4) is 0 Å². The van der Waals surface area contributed by atoms with Crippen molar-refractivity contribution < 1.29 is 5.11 Å². The maximum Gasteiger partial charge on any atom is 0.0558 e. The quantitative estimate of drug-likeness (QED) is 0.750. The lowest BCUT2D eigenvalue weighted by atomic mass is 9.95. The van der Waals surface area contributed by atoms with Gasteiger partial charge in [-0.3, -0.25) is 0 Å². The number of rotatable bonds is 7. The van der Waals surface area contributed by atoms with Crippen LogP contribution in [0.5, 0.6) is 0 Å². The Balaban J connectivity index is 1.60. The van der Waals surface area contributed by atoms with Crippen LogP contribution in [0.4, 0.5) is 0 Å². The van der Waals surface area contributed by atoms with Crippen molar-refractivity contribution >= 4 is 0 Å². The number of piperidine rings is 1. The molecule has 0 bridgehead atoms. The number of nitrogens with zero attached hydrogens (tertiary/aromatic N) is 1. The molecule has 0 aromatic heterocycles. The molecule has 0 aromatic carbocycles. The molecule has 3 heteroatoms. The minimum absolute atomic E-state index is 0.296. The Labute approximate surface area is 123 Å². The molecule has 3 nitrogen and oxygen atoms in total. The van der Waals surface area contributed by atoms with Gasteiger partial charge in [-0.2, -0.15) is 0 Å². The first-order chi connectivity index (χ1) is 9.81. The highest BCUT2D eigenvalue weighted by atomic mass is 16.3. The van der Waals surface area contributed by atoms with Gasteiger partial charge in [0.25, 0.3) is 0 Å². The molecule has 1 saturated heterocycles. The molecular weight excluding hydrogens is 248 g/mol. The lowest BCUT2D eigenvalue weighted by Gasteiger charge is -2.31. The molecule has 0 unspecified atom stereocenters. The molecule has 0 atom stereocenters. The summed E-state index contributed by atoms with van der Waals surface area (Å²) in [7, 11) is 0. The Morgan fingerprint density at radius 1 is 1.20 bits per heavy atom. The van der Waals surface area contributed by atoms with Gasteiger partial charge in [0.2, 0.25) is 0 Å². The van der Waals surface area contributed by atoms with Gasteiger partial charge in [0.15, 0.2) is 0 Å². The van der Waals surface area contributed by atoms with E-state index in [0.717, 1.165) is 38.6 Å². The number of nitrogens with one attached hydrogen (secondary N) is 1. The molecule has 1 aliphatic carbocycles. The molecule has 0 saturated carbocycles. The number of aliphatic hydroxyl groups is 1. The van der Waals surface area contributed by atoms with Crippen molar-refractivity contribution in [2.45, 2.75) is 39.0 Å². The maximum atomic E-state index is 8.94. The van der Waals surface area contributed by atoms with E-state index in [1.165, 1.54) is 32.1 Å². The van der Waals surface area contributed by atoms with E-state index in [2.05, 4.69) is 29.3 Å². The van der Waals surface area contributed by atoms with Gasteiger partial charge in [-0.05, 0) is 57.7 Å². The van der Waals surface area contributed by atoms with E-state index in [0.29, 0.717) is 6.61 Å². The Kier molecular flexibility index (Phi) is 6.77. The first-order valence-corrected chi connectivity index (χ1v) is 8.23. The highest BCUT2D eigenvalue weighted by Crippen LogP contribution is 2.20. The smallest absolute Gasteiger partial charge is 0.0558 e. The number of hydrogen-bond donors (Lipinski definition) is 2. The summed E-state index contributed by atoms with van der Waals surface area (Å²) in [6.45, 7) is 7.89. The van der Waals surface area contributed by atoms with Gasteiger partial charge in [-0.15, -0.1) is 0 Å². The Morgan fingerprint density at radius 3 is 2.50 bits per heavy atom. The fourth-order valence-corrected chi connectivity index (χ4v) is 3.16. The summed E-state index contributed by atoms with van der Waals surface area (Å²) >= 11 is 0. The van der Waals surface area contributed by atoms with Gasteiger partial charge in [-0.1, -0.05) is 30.2 Å². The molecule has 0 amide bonds. The fourth-order valence-electron chi connectivity index (χ4n) is 3.16. The van der Waals surface area contributed by atoms with E-state index < -0.39 is 0 Å². The minimum atomic E-state index is 0.296. The van der Waals surface area contributed by atoms with Crippen LogP contribution in [-0.2, 0) is 0 Å². The summed E-state index contributed by atoms with van der Waals surface area (Å²) < 4.78 is 0. The van der Waals surface area contributed by atoms with E-state index in [-0.39, 0.29) is 0 Å². The summed E-state index contributed by atoms with van der Waals surface area (Å²) in [6, 6.07) is 0. The van der Waals surface area contributed by atoms with Crippen molar-refractivity contribution in [3.8, 4) is 0 Å². The number of hydrogen-bond acceptors (Lipinski definition) is 3. The summed E-state index contributed by atoms with van der Waals surface area (Å²) in [4.78, 5) is 2.37. The van der Waals surface area contributed by atoms with Gasteiger partial charge >= 0.3 is 0 Å². The van der Waals surface area contributed by atoms with E-state index in [9.17, 15) is 0 Å². The van der Waals surface area contributed by atoms with Gasteiger partial charge in [-0.25, -0.2) is 0 Å². The van der Waals surface area contributed by atoms with Gasteiger partial charge in [0, 0.05) is 13.1 Å². The first-order valence-electron chi connectivity index (χ1n) is 8.23. The third-order valence-electron chi connectivity index (χ3n) is 4.68. The molecule has 114 valence electrons. The first kappa shape index (κ1) is 15.7. The van der Waals surface area contributed by atoms with Crippen molar-refractivity contribution in [3.63, 3.8) is 0 Å². The molecule has 20 heavy (non-hydrogen) atoms. The predicted octanol–water partition coefficient (Wildman–Crippen LogP) is 2.34. The van der Waals surface area contributed by atoms with Crippen LogP contribution in [0.15, 0.2) is 23.3 Å². The molecule has 0 radical (unpaired) electrons. The summed E-state index contributed by atoms with van der Waals surface area (Å²) in [5.74, 6) is 0.816. The molecule has 0 aromatic rings. The largest absolute Gasteiger partial charge is 0.395 e. The second-order valence-corrected chi connectivity index (χ2v) is 6.14. The molecule has 2 aliphatic rings. The summed E-state index contributed by atoms with van der Waals surface area (Å²) in [6.07, 6.45) is 10.9. The van der Waals surface area contributed by atoms with Crippen molar-refractivity contribution in [1.29, 1.82) is 0 Å². The number of β-amino-alcohol motifs (C(OH)–C–C–N with tert-alkyl or cyclic N) is 1. The monoisotopic (exact) mass is 278 g/mol. The van der Waals surface area contributed by atoms with E-state index >= 15 is 0 Å². The second kappa shape index (κ2) is 8.60. The van der Waals surface area contributed by atoms with Gasteiger partial charge in [0.05, 0.1) is 6.61 Å². The van der Waals surface area contributed by atoms with Gasteiger partial charge < -0.3 is 15.3 Å². The third-order valence-corrected chi connectivity index (χ3v) is 4.68. The predicted molar refractivity (Wildman–Crippen MR) is 84.8 cm³/mol. The highest BCUT2D eigenvalue weighted by Gasteiger charge is 2.18. The Bertz CT molecular complexity index is 341. The Hall–Kier alpha value is -0.640. The Morgan fingerprint density at radius 2 is 1.90 bits per heavy atom. The number of likely N-dealkylation sites (tertiary alicyclic amines) is 1. The van der Waals surface area contributed by atoms with E-state index in [4.69, 9.17) is 5.11 Å². The third kappa shape index (κ3) is 5.04. The summed E-state index contributed by atoms with van der Waals surface area (Å²) in [5.41, 5.74) is 3.14. The molecule has 1 fully saturated rings. The van der Waals surface area contributed by atoms with Crippen molar-refractivity contribution in [2.75, 3.05) is 39.3 Å². The molecule has 2 N–H and O–H groups in total. The highest BCUT2D eigenvalue weighted by molar-refractivity contribution is 5.24. The molecule has 0 spiro atoms. The van der Waals surface area contributed by atoms with Crippen LogP contribution in [0, 0.1) is 5.92 Å². The standard InChI is InChI=1S/C17H30N2O/c1-2-15-3-5-16(6-4-15)13-18-14-17-7-9-19(10-8-17)11-12-20/h3,5,17-18,20H,2,4,6-14H2,1H3. The average Bonchev–Trinajstić information content (AvgIpc) is 2.50. The van der Waals surface area contributed by atoms with Crippen molar-refractivity contribution in [1.82, 2.24) is 10.2 Å². The zero-order chi connectivity index (χ0) is 14.2. The van der Waals surface area contributed by atoms with Crippen molar-refractivity contribution in [3.05, 3.63) is 23.3 Å². The van der Waals surface area contributed by atoms with E-state index in [1.807, 2.05) is 0 Å². The van der Waals surface area contributed by atoms with Crippen molar-refractivity contribution in [2.24, 2.45) is 5.92 Å². The number of allylic oxidation sites excluding steroid dienone is 3. The lowest BCUT2D eigenvalue weighted by molar-refractivity contribution is 0.147. The van der Waals surface area contributed by atoms with Crippen LogP contribution in [-0.4, -0.2) is 49.3 Å². The average molecular weight is 278 g/mol.